The van der Waals surface area contributed by atoms with Crippen LogP contribution in [0.2, 0.25) is 0 Å². The van der Waals surface area contributed by atoms with Gasteiger partial charge in [-0.05, 0) is 38.1 Å². The Morgan fingerprint density at radius 2 is 2.47 bits per heavy atom. The van der Waals surface area contributed by atoms with Crippen LogP contribution in [-0.4, -0.2) is 42.5 Å². The molecule has 2 heterocycles. The molecule has 0 bridgehead atoms. The molecule has 92 valence electrons. The fourth-order valence-corrected chi connectivity index (χ4v) is 2.04. The van der Waals surface area contributed by atoms with Crippen LogP contribution < -0.4 is 5.32 Å². The largest absolute Gasteiger partial charge is 0.352 e. The average molecular weight is 237 g/mol. The van der Waals surface area contributed by atoms with E-state index in [-0.39, 0.29) is 5.91 Å². The molecule has 2 rings (SSSR count). The summed E-state index contributed by atoms with van der Waals surface area (Å²) in [5, 5.41) is 2.85. The fraction of sp³-hybridized carbons (Fsp3) is 0.500. The van der Waals surface area contributed by atoms with Crippen LogP contribution in [0.25, 0.3) is 0 Å². The predicted octanol–water partition coefficient (Wildman–Crippen LogP) is 0.902. The van der Waals surface area contributed by atoms with Gasteiger partial charge in [-0.15, -0.1) is 0 Å². The van der Waals surface area contributed by atoms with Crippen LogP contribution in [0.4, 0.5) is 4.39 Å². The van der Waals surface area contributed by atoms with E-state index < -0.39 is 5.95 Å². The summed E-state index contributed by atoms with van der Waals surface area (Å²) < 4.78 is 12.6. The van der Waals surface area contributed by atoms with Crippen molar-refractivity contribution in [2.24, 2.45) is 5.92 Å². The van der Waals surface area contributed by atoms with Crippen LogP contribution in [0.5, 0.6) is 0 Å². The second-order valence-electron chi connectivity index (χ2n) is 4.50. The number of nitrogens with one attached hydrogen (secondary N) is 1. The molecule has 1 aromatic heterocycles. The first-order valence-corrected chi connectivity index (χ1v) is 5.73. The second-order valence-corrected chi connectivity index (χ2v) is 4.50. The molecule has 1 fully saturated rings. The molecule has 5 heteroatoms. The van der Waals surface area contributed by atoms with Gasteiger partial charge in [0.2, 0.25) is 5.95 Å². The third kappa shape index (κ3) is 3.23. The monoisotopic (exact) mass is 237 g/mol. The summed E-state index contributed by atoms with van der Waals surface area (Å²) in [5.41, 5.74) is 0.401. The predicted molar refractivity (Wildman–Crippen MR) is 62.1 cm³/mol. The lowest BCUT2D eigenvalue weighted by Gasteiger charge is -2.11. The zero-order valence-corrected chi connectivity index (χ0v) is 9.82. The number of carbonyl (C=O) groups is 1. The maximum atomic E-state index is 12.6. The summed E-state index contributed by atoms with van der Waals surface area (Å²) in [4.78, 5) is 17.4. The van der Waals surface area contributed by atoms with E-state index in [1.165, 1.54) is 18.3 Å². The van der Waals surface area contributed by atoms with Crippen molar-refractivity contribution in [3.8, 4) is 0 Å². The van der Waals surface area contributed by atoms with Gasteiger partial charge in [0, 0.05) is 19.3 Å². The van der Waals surface area contributed by atoms with Crippen LogP contribution in [0.1, 0.15) is 16.8 Å². The molecule has 1 unspecified atom stereocenters. The summed E-state index contributed by atoms with van der Waals surface area (Å²) >= 11 is 0. The molecule has 1 atom stereocenters. The Morgan fingerprint density at radius 3 is 3.06 bits per heavy atom. The van der Waals surface area contributed by atoms with Crippen LogP contribution >= 0.6 is 0 Å². The molecule has 1 N–H and O–H groups in total. The molecule has 0 aromatic carbocycles. The number of halogens is 1. The lowest BCUT2D eigenvalue weighted by atomic mass is 10.1. The molecule has 1 aliphatic rings. The maximum Gasteiger partial charge on any atom is 0.252 e. The highest BCUT2D eigenvalue weighted by molar-refractivity contribution is 5.93. The van der Waals surface area contributed by atoms with Gasteiger partial charge in [-0.25, -0.2) is 4.98 Å². The molecule has 1 aromatic rings. The van der Waals surface area contributed by atoms with Gasteiger partial charge < -0.3 is 10.2 Å². The van der Waals surface area contributed by atoms with E-state index in [2.05, 4.69) is 22.2 Å². The zero-order valence-electron chi connectivity index (χ0n) is 9.82. The number of amides is 1. The molecular weight excluding hydrogens is 221 g/mol. The molecular formula is C12H16FN3O. The van der Waals surface area contributed by atoms with Crippen LogP contribution in [0.15, 0.2) is 18.3 Å². The Morgan fingerprint density at radius 1 is 1.65 bits per heavy atom. The first-order valence-electron chi connectivity index (χ1n) is 5.73. The van der Waals surface area contributed by atoms with Crippen molar-refractivity contribution in [2.75, 3.05) is 26.7 Å². The number of hydrogen-bond donors (Lipinski definition) is 1. The zero-order chi connectivity index (χ0) is 12.3. The molecule has 0 spiro atoms. The number of nitrogens with zero attached hydrogens (tertiary/aromatic N) is 2. The van der Waals surface area contributed by atoms with Crippen LogP contribution in [-0.2, 0) is 0 Å². The summed E-state index contributed by atoms with van der Waals surface area (Å²) in [6.45, 7) is 2.77. The molecule has 1 amide bonds. The van der Waals surface area contributed by atoms with Crippen molar-refractivity contribution in [2.45, 2.75) is 6.42 Å². The Labute approximate surface area is 99.8 Å². The summed E-state index contributed by atoms with van der Waals surface area (Å²) in [5.74, 6) is -0.247. The molecule has 4 nitrogen and oxygen atoms in total. The first-order chi connectivity index (χ1) is 8.15. The first kappa shape index (κ1) is 12.0. The van der Waals surface area contributed by atoms with Gasteiger partial charge in [0.15, 0.2) is 0 Å². The average Bonchev–Trinajstić information content (AvgIpc) is 2.73. The topological polar surface area (TPSA) is 45.2 Å². The number of aromatic nitrogens is 1. The van der Waals surface area contributed by atoms with Crippen molar-refractivity contribution in [3.05, 3.63) is 29.8 Å². The standard InChI is InChI=1S/C12H16FN3O/c1-16-5-4-9(8-16)6-15-12(17)10-2-3-11(13)14-7-10/h2-3,7,9H,4-6,8H2,1H3,(H,15,17). The van der Waals surface area contributed by atoms with Gasteiger partial charge in [0.05, 0.1) is 5.56 Å². The van der Waals surface area contributed by atoms with Crippen molar-refractivity contribution in [1.82, 2.24) is 15.2 Å². The van der Waals surface area contributed by atoms with E-state index in [9.17, 15) is 9.18 Å². The highest BCUT2D eigenvalue weighted by atomic mass is 19.1. The van der Waals surface area contributed by atoms with Gasteiger partial charge in [-0.2, -0.15) is 4.39 Å². The SMILES string of the molecule is CN1CCC(CNC(=O)c2ccc(F)nc2)C1. The lowest BCUT2D eigenvalue weighted by Crippen LogP contribution is -2.30. The van der Waals surface area contributed by atoms with E-state index in [0.29, 0.717) is 18.0 Å². The number of hydrogen-bond acceptors (Lipinski definition) is 3. The normalized spacial score (nSPS) is 20.5. The van der Waals surface area contributed by atoms with Crippen molar-refractivity contribution < 1.29 is 9.18 Å². The summed E-state index contributed by atoms with van der Waals surface area (Å²) in [6.07, 6.45) is 2.36. The van der Waals surface area contributed by atoms with E-state index in [0.717, 1.165) is 19.5 Å². The minimum Gasteiger partial charge on any atom is -0.352 e. The third-order valence-electron chi connectivity index (χ3n) is 3.03. The van der Waals surface area contributed by atoms with Gasteiger partial charge in [0.1, 0.15) is 0 Å². The third-order valence-corrected chi connectivity index (χ3v) is 3.03. The smallest absolute Gasteiger partial charge is 0.252 e. The Bertz CT molecular complexity index is 393. The fourth-order valence-electron chi connectivity index (χ4n) is 2.04. The van der Waals surface area contributed by atoms with Gasteiger partial charge in [-0.1, -0.05) is 0 Å². The van der Waals surface area contributed by atoms with Crippen molar-refractivity contribution in [1.29, 1.82) is 0 Å². The van der Waals surface area contributed by atoms with Crippen LogP contribution in [0.3, 0.4) is 0 Å². The minimum absolute atomic E-state index is 0.188. The second kappa shape index (κ2) is 5.23. The highest BCUT2D eigenvalue weighted by Gasteiger charge is 2.19. The maximum absolute atomic E-state index is 12.6. The Kier molecular flexibility index (Phi) is 3.68. The molecule has 0 radical (unpaired) electrons. The number of likely N-dealkylation sites (tertiary alicyclic amines) is 1. The molecule has 17 heavy (non-hydrogen) atoms. The van der Waals surface area contributed by atoms with Gasteiger partial charge >= 0.3 is 0 Å². The molecule has 0 aliphatic carbocycles. The van der Waals surface area contributed by atoms with Crippen molar-refractivity contribution >= 4 is 5.91 Å². The molecule has 1 aliphatic heterocycles. The van der Waals surface area contributed by atoms with E-state index in [4.69, 9.17) is 0 Å². The number of rotatable bonds is 3. The number of carbonyl (C=O) groups excluding carboxylic acids is 1. The lowest BCUT2D eigenvalue weighted by molar-refractivity contribution is 0.0947. The highest BCUT2D eigenvalue weighted by Crippen LogP contribution is 2.13. The van der Waals surface area contributed by atoms with Crippen molar-refractivity contribution in [3.63, 3.8) is 0 Å². The van der Waals surface area contributed by atoms with E-state index >= 15 is 0 Å². The summed E-state index contributed by atoms with van der Waals surface area (Å²) in [7, 11) is 2.08. The van der Waals surface area contributed by atoms with E-state index in [1.54, 1.807) is 0 Å². The number of pyridine rings is 1. The minimum atomic E-state index is -0.570. The Hall–Kier alpha value is -1.49. The quantitative estimate of drug-likeness (QED) is 0.794. The van der Waals surface area contributed by atoms with Gasteiger partial charge in [-0.3, -0.25) is 4.79 Å². The van der Waals surface area contributed by atoms with Gasteiger partial charge in [0.25, 0.3) is 5.91 Å². The Balaban J connectivity index is 1.83. The molecule has 0 saturated carbocycles. The van der Waals surface area contributed by atoms with Crippen LogP contribution in [0, 0.1) is 11.9 Å². The molecule has 1 saturated heterocycles. The van der Waals surface area contributed by atoms with E-state index in [1.807, 2.05) is 0 Å². The summed E-state index contributed by atoms with van der Waals surface area (Å²) in [6, 6.07) is 2.64.